The van der Waals surface area contributed by atoms with Crippen LogP contribution < -0.4 is 21.3 Å². The van der Waals surface area contributed by atoms with Crippen molar-refractivity contribution in [1.82, 2.24) is 30.5 Å². The van der Waals surface area contributed by atoms with Gasteiger partial charge in [0.25, 0.3) is 0 Å². The molecular formula is C38H54N8O4. The van der Waals surface area contributed by atoms with Gasteiger partial charge in [-0.1, -0.05) is 36.4 Å². The number of benzene rings is 2. The lowest BCUT2D eigenvalue weighted by molar-refractivity contribution is -0.159. The fraction of sp³-hybridized carbons (Fsp3) is 0.474. The van der Waals surface area contributed by atoms with Crippen molar-refractivity contribution in [2.24, 2.45) is 5.73 Å². The molecule has 6 N–H and O–H groups in total. The minimum Gasteiger partial charge on any atom is -0.458 e. The molecule has 0 radical (unpaired) electrons. The SMILES string of the molecule is CC(C)(C)OC(=O)[C@@H](CCCCN)NC(=O)C(C)(C)c1cnc([C@@H](Cc2c[nH]c3ccccc23)NC(=O)N2CCN(c3ccccc3)CC2)[nH]1.[HH]. The number of carbonyl (C=O) groups excluding carboxylic acids is 3. The van der Waals surface area contributed by atoms with Crippen molar-refractivity contribution in [3.63, 3.8) is 0 Å². The van der Waals surface area contributed by atoms with Crippen molar-refractivity contribution in [3.05, 3.63) is 84.1 Å². The van der Waals surface area contributed by atoms with Gasteiger partial charge in [0.15, 0.2) is 0 Å². The van der Waals surface area contributed by atoms with Crippen molar-refractivity contribution in [3.8, 4) is 0 Å². The predicted octanol–water partition coefficient (Wildman–Crippen LogP) is 5.19. The predicted molar refractivity (Wildman–Crippen MR) is 198 cm³/mol. The molecule has 1 saturated heterocycles. The molecule has 0 saturated carbocycles. The van der Waals surface area contributed by atoms with Gasteiger partial charge >= 0.3 is 12.0 Å². The van der Waals surface area contributed by atoms with Crippen molar-refractivity contribution in [2.75, 3.05) is 37.6 Å². The second-order valence-corrected chi connectivity index (χ2v) is 14.5. The average molecular weight is 687 g/mol. The molecule has 5 rings (SSSR count). The smallest absolute Gasteiger partial charge is 0.329 e. The van der Waals surface area contributed by atoms with E-state index in [-0.39, 0.29) is 13.4 Å². The van der Waals surface area contributed by atoms with Crippen molar-refractivity contribution >= 4 is 34.5 Å². The highest BCUT2D eigenvalue weighted by molar-refractivity contribution is 5.91. The lowest BCUT2D eigenvalue weighted by Crippen LogP contribution is -2.52. The molecule has 1 aliphatic rings. The number of rotatable bonds is 13. The molecule has 0 spiro atoms. The highest BCUT2D eigenvalue weighted by Gasteiger charge is 2.37. The number of para-hydroxylation sites is 2. The van der Waals surface area contributed by atoms with Crippen molar-refractivity contribution in [1.29, 1.82) is 0 Å². The number of carbonyl (C=O) groups is 3. The molecule has 270 valence electrons. The maximum absolute atomic E-state index is 13.8. The van der Waals surface area contributed by atoms with Gasteiger partial charge in [0, 0.05) is 68.7 Å². The van der Waals surface area contributed by atoms with E-state index in [0.717, 1.165) is 41.7 Å². The summed E-state index contributed by atoms with van der Waals surface area (Å²) < 4.78 is 5.63. The first-order chi connectivity index (χ1) is 23.9. The number of hydrogen-bond donors (Lipinski definition) is 5. The fourth-order valence-corrected chi connectivity index (χ4v) is 6.19. The van der Waals surface area contributed by atoms with Crippen LogP contribution in [-0.4, -0.2) is 82.1 Å². The van der Waals surface area contributed by atoms with Crippen LogP contribution in [0.4, 0.5) is 10.5 Å². The van der Waals surface area contributed by atoms with E-state index in [1.807, 2.05) is 47.5 Å². The van der Waals surface area contributed by atoms with Gasteiger partial charge in [0.2, 0.25) is 5.91 Å². The standard InChI is InChI=1S/C38H52N8O4.H2/c1-37(2,3)50-34(47)30(17-11-12-18-39)42-35(48)38(4,5)32-25-41-33(44-32)31(23-26-24-40-29-16-10-9-15-28(26)29)43-36(49)46-21-19-45(20-22-46)27-13-7-6-8-14-27;/h6-10,13-16,24-25,30-31,40H,11-12,17-23,39H2,1-5H3,(H,41,44)(H,42,48)(H,43,49);1H/t30-,31-;/m1./s1. The number of nitrogens with one attached hydrogen (secondary N) is 4. The first kappa shape index (κ1) is 36.4. The Hall–Kier alpha value is -4.84. The highest BCUT2D eigenvalue weighted by atomic mass is 16.6. The van der Waals surface area contributed by atoms with Crippen LogP contribution in [0.15, 0.2) is 67.0 Å². The number of nitrogens with two attached hydrogens (primary N) is 1. The third-order valence-corrected chi connectivity index (χ3v) is 9.19. The molecule has 0 bridgehead atoms. The number of nitrogens with zero attached hydrogens (tertiary/aromatic N) is 3. The molecule has 0 aliphatic carbocycles. The molecule has 3 heterocycles. The lowest BCUT2D eigenvalue weighted by atomic mass is 9.88. The number of hydrogen-bond acceptors (Lipinski definition) is 7. The number of ether oxygens (including phenoxy) is 1. The molecule has 1 aliphatic heterocycles. The Bertz CT molecular complexity index is 1740. The Morgan fingerprint density at radius 3 is 2.36 bits per heavy atom. The Labute approximate surface area is 296 Å². The average Bonchev–Trinajstić information content (AvgIpc) is 3.76. The number of fused-ring (bicyclic) bond motifs is 1. The fourth-order valence-electron chi connectivity index (χ4n) is 6.19. The van der Waals surface area contributed by atoms with Gasteiger partial charge in [0.1, 0.15) is 17.5 Å². The van der Waals surface area contributed by atoms with Crippen LogP contribution in [0.2, 0.25) is 0 Å². The minimum atomic E-state index is -1.08. The van der Waals surface area contributed by atoms with Gasteiger partial charge < -0.3 is 40.9 Å². The number of unbranched alkanes of at least 4 members (excludes halogenated alkanes) is 1. The Kier molecular flexibility index (Phi) is 11.5. The lowest BCUT2D eigenvalue weighted by Gasteiger charge is -2.36. The monoisotopic (exact) mass is 686 g/mol. The number of anilines is 1. The van der Waals surface area contributed by atoms with Crippen LogP contribution in [-0.2, 0) is 26.2 Å². The van der Waals surface area contributed by atoms with E-state index in [4.69, 9.17) is 15.5 Å². The Balaban J connectivity index is 0.00000583. The normalized spacial score (nSPS) is 15.1. The van der Waals surface area contributed by atoms with Gasteiger partial charge in [-0.15, -0.1) is 0 Å². The van der Waals surface area contributed by atoms with Gasteiger partial charge in [-0.25, -0.2) is 14.6 Å². The topological polar surface area (TPSA) is 161 Å². The van der Waals surface area contributed by atoms with Crippen LogP contribution in [0.3, 0.4) is 0 Å². The molecule has 2 aromatic heterocycles. The van der Waals surface area contributed by atoms with E-state index in [0.29, 0.717) is 50.4 Å². The summed E-state index contributed by atoms with van der Waals surface area (Å²) in [5.41, 5.74) is 7.66. The van der Waals surface area contributed by atoms with E-state index in [9.17, 15) is 14.4 Å². The van der Waals surface area contributed by atoms with Crippen molar-refractivity contribution < 1.29 is 20.5 Å². The molecule has 12 nitrogen and oxygen atoms in total. The molecule has 12 heteroatoms. The largest absolute Gasteiger partial charge is 0.458 e. The molecular weight excluding hydrogens is 632 g/mol. The van der Waals surface area contributed by atoms with Gasteiger partial charge in [-0.3, -0.25) is 4.79 Å². The summed E-state index contributed by atoms with van der Waals surface area (Å²) in [4.78, 5) is 56.1. The number of esters is 1. The molecule has 50 heavy (non-hydrogen) atoms. The number of imidazole rings is 1. The van der Waals surface area contributed by atoms with E-state index in [2.05, 4.69) is 43.7 Å². The highest BCUT2D eigenvalue weighted by Crippen LogP contribution is 2.28. The van der Waals surface area contributed by atoms with E-state index >= 15 is 0 Å². The molecule has 4 aromatic rings. The molecule has 1 fully saturated rings. The van der Waals surface area contributed by atoms with Gasteiger partial charge in [-0.2, -0.15) is 0 Å². The number of amides is 3. The summed E-state index contributed by atoms with van der Waals surface area (Å²) in [5, 5.41) is 7.24. The van der Waals surface area contributed by atoms with Crippen molar-refractivity contribution in [2.45, 2.75) is 83.4 Å². The number of piperazine rings is 1. The summed E-state index contributed by atoms with van der Waals surface area (Å²) in [6, 6.07) is 16.8. The second kappa shape index (κ2) is 15.8. The van der Waals surface area contributed by atoms with Gasteiger partial charge in [0.05, 0.1) is 11.5 Å². The van der Waals surface area contributed by atoms with Crippen LogP contribution in [0.1, 0.15) is 78.4 Å². The maximum atomic E-state index is 13.8. The van der Waals surface area contributed by atoms with Crippen LogP contribution >= 0.6 is 0 Å². The maximum Gasteiger partial charge on any atom is 0.329 e. The molecule has 2 aromatic carbocycles. The van der Waals surface area contributed by atoms with Crippen LogP contribution in [0.5, 0.6) is 0 Å². The zero-order valence-corrected chi connectivity index (χ0v) is 29.9. The van der Waals surface area contributed by atoms with Crippen LogP contribution in [0.25, 0.3) is 10.9 Å². The Morgan fingerprint density at radius 2 is 1.66 bits per heavy atom. The summed E-state index contributed by atoms with van der Waals surface area (Å²) in [6.07, 6.45) is 5.90. The quantitative estimate of drug-likeness (QED) is 0.0956. The summed E-state index contributed by atoms with van der Waals surface area (Å²) in [7, 11) is 0. The molecule has 3 amide bonds. The zero-order valence-electron chi connectivity index (χ0n) is 29.9. The third kappa shape index (κ3) is 9.03. The summed E-state index contributed by atoms with van der Waals surface area (Å²) >= 11 is 0. The number of aromatic nitrogens is 3. The molecule has 2 atom stereocenters. The zero-order chi connectivity index (χ0) is 35.9. The first-order valence-electron chi connectivity index (χ1n) is 17.6. The van der Waals surface area contributed by atoms with E-state index in [1.54, 1.807) is 40.8 Å². The van der Waals surface area contributed by atoms with Crippen LogP contribution in [0, 0.1) is 0 Å². The number of urea groups is 1. The van der Waals surface area contributed by atoms with E-state index < -0.39 is 29.1 Å². The van der Waals surface area contributed by atoms with E-state index in [1.165, 1.54) is 0 Å². The minimum absolute atomic E-state index is 0. The second-order valence-electron chi connectivity index (χ2n) is 14.5. The summed E-state index contributed by atoms with van der Waals surface area (Å²) in [5.74, 6) is -0.283. The van der Waals surface area contributed by atoms with Gasteiger partial charge in [-0.05, 0) is 84.2 Å². The number of aromatic amines is 2. The Morgan fingerprint density at radius 1 is 0.960 bits per heavy atom. The third-order valence-electron chi connectivity index (χ3n) is 9.19. The molecule has 0 unspecified atom stereocenters. The first-order valence-corrected chi connectivity index (χ1v) is 17.6. The summed E-state index contributed by atoms with van der Waals surface area (Å²) in [6.45, 7) is 12.1. The number of H-pyrrole nitrogens is 2.